The predicted octanol–water partition coefficient (Wildman–Crippen LogP) is -0.854. The molecule has 0 amide bonds. The number of carbonyl (C=O) groups is 1. The molecule has 4 saturated carbocycles. The number of carbonyl (C=O) groups excluding carboxylic acids is 1. The number of halogens is 1. The number of rotatable bonds is 5. The zero-order valence-corrected chi connectivity index (χ0v) is 15.9. The van der Waals surface area contributed by atoms with Crippen LogP contribution in [0.1, 0.15) is 66.7 Å². The Kier molecular flexibility index (Phi) is 4.82. The lowest BCUT2D eigenvalue weighted by Gasteiger charge is -2.54. The van der Waals surface area contributed by atoms with Crippen molar-refractivity contribution >= 4 is 5.78 Å². The van der Waals surface area contributed by atoms with Crippen molar-refractivity contribution in [1.29, 1.82) is 0 Å². The van der Waals surface area contributed by atoms with Crippen molar-refractivity contribution in [3.05, 3.63) is 17.0 Å². The number of nitrogens with two attached hydrogens (primary N) is 1. The van der Waals surface area contributed by atoms with Crippen molar-refractivity contribution in [1.82, 2.24) is 9.78 Å². The zero-order chi connectivity index (χ0) is 16.2. The smallest absolute Gasteiger partial charge is 0.172 e. The maximum atomic E-state index is 12.6. The first-order valence-corrected chi connectivity index (χ1v) is 9.33. The Balaban J connectivity index is 0.00000169. The van der Waals surface area contributed by atoms with Crippen molar-refractivity contribution < 1.29 is 22.5 Å². The van der Waals surface area contributed by atoms with E-state index in [1.165, 1.54) is 38.5 Å². The van der Waals surface area contributed by atoms with Crippen LogP contribution in [0.2, 0.25) is 0 Å². The molecule has 134 valence electrons. The average Bonchev–Trinajstić information content (AvgIpc) is 2.70. The summed E-state index contributed by atoms with van der Waals surface area (Å²) in [6, 6.07) is 0. The summed E-state index contributed by atoms with van der Waals surface area (Å²) < 4.78 is 1.82. The molecule has 0 atom stereocenters. The summed E-state index contributed by atoms with van der Waals surface area (Å²) in [4.78, 5) is 12.6. The third-order valence-electron chi connectivity index (χ3n) is 6.82. The molecule has 0 radical (unpaired) electrons. The maximum Gasteiger partial charge on any atom is 0.172 e. The lowest BCUT2D eigenvalue weighted by Crippen LogP contribution is -3.00. The minimum atomic E-state index is 0. The fraction of sp³-hybridized carbons (Fsp3) is 0.789. The minimum absolute atomic E-state index is 0. The van der Waals surface area contributed by atoms with Crippen molar-refractivity contribution in [3.8, 4) is 0 Å². The molecular formula is C19H30ClN3O. The molecule has 0 saturated heterocycles. The van der Waals surface area contributed by atoms with Gasteiger partial charge in [-0.2, -0.15) is 5.10 Å². The van der Waals surface area contributed by atoms with Crippen molar-refractivity contribution in [2.24, 2.45) is 24.8 Å². The lowest BCUT2D eigenvalue weighted by molar-refractivity contribution is -0.738. The molecule has 4 bridgehead atoms. The molecule has 4 fully saturated rings. The summed E-state index contributed by atoms with van der Waals surface area (Å²) in [6.45, 7) is 4.89. The molecular weight excluding hydrogens is 322 g/mol. The number of quaternary nitrogens is 1. The van der Waals surface area contributed by atoms with E-state index in [4.69, 9.17) is 0 Å². The van der Waals surface area contributed by atoms with Crippen LogP contribution in [0.25, 0.3) is 0 Å². The molecule has 2 N–H and O–H groups in total. The Labute approximate surface area is 151 Å². The first-order valence-electron chi connectivity index (χ1n) is 9.33. The molecule has 0 spiro atoms. The number of aryl methyl sites for hydroxylation is 2. The molecule has 1 heterocycles. The topological polar surface area (TPSA) is 51.5 Å². The first-order chi connectivity index (χ1) is 11.0. The van der Waals surface area contributed by atoms with Crippen LogP contribution in [0.5, 0.6) is 0 Å². The van der Waals surface area contributed by atoms with Crippen LogP contribution in [-0.2, 0) is 7.05 Å². The summed E-state index contributed by atoms with van der Waals surface area (Å²) in [7, 11) is 1.92. The fourth-order valence-electron chi connectivity index (χ4n) is 6.24. The van der Waals surface area contributed by atoms with Gasteiger partial charge in [-0.15, -0.1) is 0 Å². The highest BCUT2D eigenvalue weighted by atomic mass is 35.5. The van der Waals surface area contributed by atoms with Crippen molar-refractivity contribution in [2.45, 2.75) is 64.3 Å². The summed E-state index contributed by atoms with van der Waals surface area (Å²) in [5, 5.41) is 6.93. The van der Waals surface area contributed by atoms with Crippen LogP contribution in [0.3, 0.4) is 0 Å². The van der Waals surface area contributed by atoms with Gasteiger partial charge in [0.05, 0.1) is 29.8 Å². The Morgan fingerprint density at radius 2 is 1.71 bits per heavy atom. The van der Waals surface area contributed by atoms with E-state index < -0.39 is 0 Å². The van der Waals surface area contributed by atoms with E-state index in [-0.39, 0.29) is 18.2 Å². The molecule has 0 aliphatic heterocycles. The number of aromatic nitrogens is 2. The van der Waals surface area contributed by atoms with Gasteiger partial charge in [0.15, 0.2) is 5.78 Å². The molecule has 4 nitrogen and oxygen atoms in total. The molecule has 5 heteroatoms. The molecule has 1 aromatic rings. The van der Waals surface area contributed by atoms with Gasteiger partial charge in [0.1, 0.15) is 0 Å². The third-order valence-corrected chi connectivity index (χ3v) is 6.82. The van der Waals surface area contributed by atoms with Gasteiger partial charge in [-0.1, -0.05) is 0 Å². The van der Waals surface area contributed by atoms with Gasteiger partial charge >= 0.3 is 0 Å². The Morgan fingerprint density at radius 1 is 1.17 bits per heavy atom. The summed E-state index contributed by atoms with van der Waals surface area (Å²) in [6.07, 6.45) is 9.31. The van der Waals surface area contributed by atoms with E-state index in [2.05, 4.69) is 10.4 Å². The van der Waals surface area contributed by atoms with Gasteiger partial charge in [0.2, 0.25) is 0 Å². The highest BCUT2D eigenvalue weighted by Crippen LogP contribution is 2.54. The van der Waals surface area contributed by atoms with Crippen molar-refractivity contribution in [3.63, 3.8) is 0 Å². The van der Waals surface area contributed by atoms with E-state index >= 15 is 0 Å². The SMILES string of the molecule is Cc1nn(C)c(C)c1C(=O)CC[NH2+]C12CC3CC(CC(C3)C1)C2.[Cl-]. The van der Waals surface area contributed by atoms with Crippen LogP contribution in [0.15, 0.2) is 0 Å². The first kappa shape index (κ1) is 17.9. The Bertz CT molecular complexity index is 602. The van der Waals surface area contributed by atoms with E-state index in [0.29, 0.717) is 12.0 Å². The standard InChI is InChI=1S/C19H29N3O.ClH/c1-12-18(13(2)22(3)21-12)17(23)4-5-20-19-9-14-6-15(10-19)8-16(7-14)11-19;/h14-16,20H,4-11H2,1-3H3;1H. The highest BCUT2D eigenvalue weighted by Gasteiger charge is 2.53. The Hall–Kier alpha value is -0.870. The van der Waals surface area contributed by atoms with Gasteiger partial charge in [-0.25, -0.2) is 0 Å². The molecule has 24 heavy (non-hydrogen) atoms. The second kappa shape index (κ2) is 6.45. The van der Waals surface area contributed by atoms with E-state index in [0.717, 1.165) is 41.2 Å². The largest absolute Gasteiger partial charge is 1.00 e. The number of Topliss-reactive ketones (excluding diaryl/α,β-unsaturated/α-hetero) is 1. The van der Waals surface area contributed by atoms with Gasteiger partial charge in [0.25, 0.3) is 0 Å². The van der Waals surface area contributed by atoms with Crippen LogP contribution in [-0.4, -0.2) is 27.6 Å². The summed E-state index contributed by atoms with van der Waals surface area (Å²) >= 11 is 0. The molecule has 1 aromatic heterocycles. The molecule has 0 aromatic carbocycles. The van der Waals surface area contributed by atoms with Gasteiger partial charge in [-0.3, -0.25) is 9.48 Å². The predicted molar refractivity (Wildman–Crippen MR) is 89.3 cm³/mol. The number of hydrogen-bond donors (Lipinski definition) is 1. The highest BCUT2D eigenvalue weighted by molar-refractivity contribution is 5.98. The number of nitrogens with zero attached hydrogens (tertiary/aromatic N) is 2. The summed E-state index contributed by atoms with van der Waals surface area (Å²) in [5.74, 6) is 3.22. The minimum Gasteiger partial charge on any atom is -1.00 e. The van der Waals surface area contributed by atoms with Gasteiger partial charge in [-0.05, 0) is 50.9 Å². The number of ketones is 1. The lowest BCUT2D eigenvalue weighted by atomic mass is 9.53. The fourth-order valence-corrected chi connectivity index (χ4v) is 6.24. The molecule has 0 unspecified atom stereocenters. The van der Waals surface area contributed by atoms with Gasteiger partial charge in [0, 0.05) is 32.0 Å². The normalized spacial score (nSPS) is 33.5. The third kappa shape index (κ3) is 3.03. The van der Waals surface area contributed by atoms with Crippen molar-refractivity contribution in [2.75, 3.05) is 6.54 Å². The second-order valence-corrected chi connectivity index (χ2v) is 8.62. The van der Waals surface area contributed by atoms with E-state index in [1.807, 2.05) is 25.6 Å². The van der Waals surface area contributed by atoms with Crippen LogP contribution in [0.4, 0.5) is 0 Å². The van der Waals surface area contributed by atoms with Gasteiger partial charge < -0.3 is 17.7 Å². The average molecular weight is 352 g/mol. The zero-order valence-electron chi connectivity index (χ0n) is 15.1. The molecule has 4 aliphatic rings. The molecule has 5 rings (SSSR count). The van der Waals surface area contributed by atoms with E-state index in [9.17, 15) is 4.79 Å². The second-order valence-electron chi connectivity index (χ2n) is 8.62. The van der Waals surface area contributed by atoms with Crippen LogP contribution < -0.4 is 17.7 Å². The quantitative estimate of drug-likeness (QED) is 0.702. The Morgan fingerprint density at radius 3 is 2.17 bits per heavy atom. The van der Waals surface area contributed by atoms with Crippen LogP contribution in [0, 0.1) is 31.6 Å². The number of hydrogen-bond acceptors (Lipinski definition) is 2. The van der Waals surface area contributed by atoms with Crippen LogP contribution >= 0.6 is 0 Å². The van der Waals surface area contributed by atoms with E-state index in [1.54, 1.807) is 0 Å². The molecule has 4 aliphatic carbocycles. The maximum absolute atomic E-state index is 12.6. The summed E-state index contributed by atoms with van der Waals surface area (Å²) in [5.41, 5.74) is 3.21. The monoisotopic (exact) mass is 351 g/mol.